The zero-order chi connectivity index (χ0) is 19.5. The number of nitrogens with one attached hydrogen (secondary N) is 2. The molecular formula is C21H15ClN4O2. The monoisotopic (exact) mass is 390 g/mol. The number of aromatic amines is 1. The van der Waals surface area contributed by atoms with Crippen molar-refractivity contribution >= 4 is 34.5 Å². The van der Waals surface area contributed by atoms with Gasteiger partial charge in [-0.25, -0.2) is 5.43 Å². The van der Waals surface area contributed by atoms with Gasteiger partial charge in [-0.05, 0) is 35.0 Å². The van der Waals surface area contributed by atoms with E-state index >= 15 is 0 Å². The van der Waals surface area contributed by atoms with Gasteiger partial charge in [-0.2, -0.15) is 10.2 Å². The van der Waals surface area contributed by atoms with E-state index in [2.05, 4.69) is 20.7 Å². The fourth-order valence-electron chi connectivity index (χ4n) is 2.87. The molecule has 0 unspecified atom stereocenters. The van der Waals surface area contributed by atoms with Crippen LogP contribution in [0.2, 0.25) is 5.02 Å². The average Bonchev–Trinajstić information content (AvgIpc) is 3.16. The van der Waals surface area contributed by atoms with Gasteiger partial charge in [0.1, 0.15) is 5.75 Å². The van der Waals surface area contributed by atoms with Crippen LogP contribution >= 0.6 is 11.6 Å². The number of H-pyrrole nitrogens is 1. The summed E-state index contributed by atoms with van der Waals surface area (Å²) in [6.07, 6.45) is 3.09. The van der Waals surface area contributed by atoms with E-state index in [1.165, 1.54) is 6.21 Å². The first-order valence-corrected chi connectivity index (χ1v) is 8.84. The van der Waals surface area contributed by atoms with Crippen molar-refractivity contribution in [3.63, 3.8) is 0 Å². The van der Waals surface area contributed by atoms with Crippen molar-refractivity contribution in [2.24, 2.45) is 5.10 Å². The van der Waals surface area contributed by atoms with Gasteiger partial charge in [0.05, 0.1) is 23.7 Å². The lowest BCUT2D eigenvalue weighted by Crippen LogP contribution is -2.17. The van der Waals surface area contributed by atoms with Crippen LogP contribution in [-0.4, -0.2) is 27.4 Å². The number of phenolic OH excluding ortho intramolecular Hbond substituents is 1. The average molecular weight is 391 g/mol. The molecule has 4 aromatic rings. The summed E-state index contributed by atoms with van der Waals surface area (Å²) in [5, 5.41) is 23.4. The fourth-order valence-corrected chi connectivity index (χ4v) is 3.00. The van der Waals surface area contributed by atoms with E-state index in [4.69, 9.17) is 11.6 Å². The number of benzene rings is 3. The molecule has 0 aliphatic heterocycles. The summed E-state index contributed by atoms with van der Waals surface area (Å²) in [5.74, 6) is -0.604. The van der Waals surface area contributed by atoms with Gasteiger partial charge in [0.2, 0.25) is 0 Å². The number of rotatable bonds is 4. The van der Waals surface area contributed by atoms with Gasteiger partial charge in [0, 0.05) is 16.1 Å². The van der Waals surface area contributed by atoms with Crippen molar-refractivity contribution in [1.82, 2.24) is 15.6 Å². The molecule has 0 aliphatic carbocycles. The molecule has 1 aromatic heterocycles. The van der Waals surface area contributed by atoms with Crippen LogP contribution in [0.5, 0.6) is 5.75 Å². The van der Waals surface area contributed by atoms with Crippen molar-refractivity contribution in [3.8, 4) is 17.0 Å². The summed E-state index contributed by atoms with van der Waals surface area (Å²) in [6, 6.07) is 18.0. The molecule has 1 amide bonds. The van der Waals surface area contributed by atoms with Gasteiger partial charge in [-0.1, -0.05) is 48.0 Å². The minimum atomic E-state index is -0.504. The molecule has 3 N–H and O–H groups in total. The number of carbonyl (C=O) groups is 1. The summed E-state index contributed by atoms with van der Waals surface area (Å²) < 4.78 is 0. The van der Waals surface area contributed by atoms with Gasteiger partial charge >= 0.3 is 0 Å². The SMILES string of the molecule is O=C(N/N=C\c1cn[nH]c1-c1ccc(Cl)cc1)c1cc2ccccc2cc1O. The van der Waals surface area contributed by atoms with E-state index in [1.807, 2.05) is 36.4 Å². The van der Waals surface area contributed by atoms with Crippen molar-refractivity contribution in [2.45, 2.75) is 0 Å². The van der Waals surface area contributed by atoms with E-state index in [1.54, 1.807) is 30.5 Å². The highest BCUT2D eigenvalue weighted by molar-refractivity contribution is 6.30. The first-order valence-electron chi connectivity index (χ1n) is 8.46. The first kappa shape index (κ1) is 17.8. The number of nitrogens with zero attached hydrogens (tertiary/aromatic N) is 2. The Balaban J connectivity index is 1.53. The Bertz CT molecular complexity index is 1180. The lowest BCUT2D eigenvalue weighted by Gasteiger charge is -2.05. The predicted molar refractivity (Wildman–Crippen MR) is 110 cm³/mol. The summed E-state index contributed by atoms with van der Waals surface area (Å²) in [4.78, 5) is 12.4. The van der Waals surface area contributed by atoms with Gasteiger partial charge in [0.15, 0.2) is 0 Å². The molecule has 6 nitrogen and oxygen atoms in total. The predicted octanol–water partition coefficient (Wildman–Crippen LogP) is 4.35. The fraction of sp³-hybridized carbons (Fsp3) is 0. The van der Waals surface area contributed by atoms with Crippen LogP contribution in [0.1, 0.15) is 15.9 Å². The smallest absolute Gasteiger partial charge is 0.275 e. The number of fused-ring (bicyclic) bond motifs is 1. The topological polar surface area (TPSA) is 90.4 Å². The van der Waals surface area contributed by atoms with Crippen molar-refractivity contribution in [3.05, 3.63) is 83.0 Å². The Labute approximate surface area is 165 Å². The molecule has 0 fully saturated rings. The number of hydrogen-bond acceptors (Lipinski definition) is 4. The van der Waals surface area contributed by atoms with Crippen LogP contribution in [-0.2, 0) is 0 Å². The van der Waals surface area contributed by atoms with Gasteiger partial charge < -0.3 is 5.11 Å². The van der Waals surface area contributed by atoms with Crippen LogP contribution in [0.4, 0.5) is 0 Å². The Kier molecular flexibility index (Phi) is 4.78. The van der Waals surface area contributed by atoms with E-state index < -0.39 is 5.91 Å². The quantitative estimate of drug-likeness (QED) is 0.357. The Morgan fingerprint density at radius 3 is 2.57 bits per heavy atom. The van der Waals surface area contributed by atoms with Crippen LogP contribution in [0, 0.1) is 0 Å². The minimum absolute atomic E-state index is 0.100. The molecule has 28 heavy (non-hydrogen) atoms. The summed E-state index contributed by atoms with van der Waals surface area (Å²) >= 11 is 5.92. The molecule has 0 saturated heterocycles. The number of aromatic nitrogens is 2. The summed E-state index contributed by atoms with van der Waals surface area (Å²) in [6.45, 7) is 0. The van der Waals surface area contributed by atoms with Crippen LogP contribution in [0.3, 0.4) is 0 Å². The molecule has 1 heterocycles. The molecule has 4 rings (SSSR count). The second kappa shape index (κ2) is 7.54. The van der Waals surface area contributed by atoms with E-state index in [0.29, 0.717) is 10.6 Å². The van der Waals surface area contributed by atoms with Gasteiger partial charge in [0.25, 0.3) is 5.91 Å². The maximum atomic E-state index is 12.4. The number of halogens is 1. The maximum absolute atomic E-state index is 12.4. The number of phenols is 1. The second-order valence-electron chi connectivity index (χ2n) is 6.12. The maximum Gasteiger partial charge on any atom is 0.275 e. The van der Waals surface area contributed by atoms with Crippen LogP contribution in [0.25, 0.3) is 22.0 Å². The molecule has 0 spiro atoms. The van der Waals surface area contributed by atoms with Gasteiger partial charge in [-0.3, -0.25) is 9.89 Å². The lowest BCUT2D eigenvalue weighted by molar-refractivity contribution is 0.0952. The molecule has 7 heteroatoms. The Hall–Kier alpha value is -3.64. The van der Waals surface area contributed by atoms with Crippen molar-refractivity contribution < 1.29 is 9.90 Å². The van der Waals surface area contributed by atoms with Crippen LogP contribution < -0.4 is 5.43 Å². The number of hydrazone groups is 1. The first-order chi connectivity index (χ1) is 13.6. The van der Waals surface area contributed by atoms with Crippen molar-refractivity contribution in [2.75, 3.05) is 0 Å². The Morgan fingerprint density at radius 2 is 1.82 bits per heavy atom. The highest BCUT2D eigenvalue weighted by Gasteiger charge is 2.12. The molecule has 0 aliphatic rings. The number of hydrogen-bond donors (Lipinski definition) is 3. The normalized spacial score (nSPS) is 11.2. The highest BCUT2D eigenvalue weighted by Crippen LogP contribution is 2.25. The largest absolute Gasteiger partial charge is 0.507 e. The zero-order valence-corrected chi connectivity index (χ0v) is 15.3. The van der Waals surface area contributed by atoms with E-state index in [9.17, 15) is 9.90 Å². The number of aromatic hydroxyl groups is 1. The zero-order valence-electron chi connectivity index (χ0n) is 14.6. The summed E-state index contributed by atoms with van der Waals surface area (Å²) in [5.41, 5.74) is 4.93. The third-order valence-corrected chi connectivity index (χ3v) is 4.53. The standard InChI is InChI=1S/C21H15ClN4O2/c22-17-7-5-13(6-8-17)20-16(11-23-25-20)12-24-26-21(28)18-9-14-3-1-2-4-15(14)10-19(18)27/h1-12,27H,(H,23,25)(H,26,28)/b24-12-. The number of carbonyl (C=O) groups excluding carboxylic acids is 1. The van der Waals surface area contributed by atoms with E-state index in [0.717, 1.165) is 22.0 Å². The van der Waals surface area contributed by atoms with Crippen molar-refractivity contribution in [1.29, 1.82) is 0 Å². The molecule has 0 atom stereocenters. The third kappa shape index (κ3) is 3.58. The Morgan fingerprint density at radius 1 is 1.11 bits per heavy atom. The lowest BCUT2D eigenvalue weighted by atomic mass is 10.1. The molecule has 3 aromatic carbocycles. The second-order valence-corrected chi connectivity index (χ2v) is 6.56. The summed E-state index contributed by atoms with van der Waals surface area (Å²) in [7, 11) is 0. The molecule has 0 radical (unpaired) electrons. The van der Waals surface area contributed by atoms with Crippen LogP contribution in [0.15, 0.2) is 72.0 Å². The van der Waals surface area contributed by atoms with E-state index in [-0.39, 0.29) is 11.3 Å². The highest BCUT2D eigenvalue weighted by atomic mass is 35.5. The minimum Gasteiger partial charge on any atom is -0.507 e. The molecule has 0 saturated carbocycles. The third-order valence-electron chi connectivity index (χ3n) is 4.28. The van der Waals surface area contributed by atoms with Gasteiger partial charge in [-0.15, -0.1) is 0 Å². The molecule has 138 valence electrons. The number of amides is 1. The molecular weight excluding hydrogens is 376 g/mol. The molecule has 0 bridgehead atoms.